The van der Waals surface area contributed by atoms with Crippen molar-refractivity contribution in [3.63, 3.8) is 0 Å². The Morgan fingerprint density at radius 1 is 1.17 bits per heavy atom. The third-order valence-electron chi connectivity index (χ3n) is 4.33. The molecule has 0 aliphatic heterocycles. The maximum Gasteiger partial charge on any atom is 0.230 e. The molecule has 0 aliphatic rings. The van der Waals surface area contributed by atoms with E-state index in [9.17, 15) is 9.18 Å². The number of hydrogen-bond acceptors (Lipinski definition) is 5. The van der Waals surface area contributed by atoms with Gasteiger partial charge in [0, 0.05) is 31.4 Å². The number of rotatable bonds is 10. The highest BCUT2D eigenvalue weighted by Crippen LogP contribution is 2.33. The van der Waals surface area contributed by atoms with Gasteiger partial charge >= 0.3 is 0 Å². The first-order chi connectivity index (χ1) is 14.6. The molecule has 1 amide bonds. The van der Waals surface area contributed by atoms with Gasteiger partial charge in [0.2, 0.25) is 5.91 Å². The fourth-order valence-electron chi connectivity index (χ4n) is 2.81. The Labute approximate surface area is 179 Å². The first kappa shape index (κ1) is 21.9. The van der Waals surface area contributed by atoms with E-state index >= 15 is 0 Å². The number of nitrogens with one attached hydrogen (secondary N) is 2. The number of amides is 1. The number of nitrogens with zero attached hydrogens (tertiary/aromatic N) is 1. The van der Waals surface area contributed by atoms with Crippen LogP contribution in [-0.4, -0.2) is 49.0 Å². The van der Waals surface area contributed by atoms with Gasteiger partial charge in [-0.2, -0.15) is 0 Å². The summed E-state index contributed by atoms with van der Waals surface area (Å²) < 4.78 is 23.7. The second kappa shape index (κ2) is 10.8. The van der Waals surface area contributed by atoms with E-state index in [2.05, 4.69) is 10.3 Å². The number of benzene rings is 2. The fourth-order valence-corrected chi connectivity index (χ4v) is 3.65. The van der Waals surface area contributed by atoms with E-state index in [-0.39, 0.29) is 17.5 Å². The van der Waals surface area contributed by atoms with Crippen LogP contribution >= 0.6 is 11.8 Å². The summed E-state index contributed by atoms with van der Waals surface area (Å²) >= 11 is 1.33. The number of aromatic nitrogens is 2. The van der Waals surface area contributed by atoms with Crippen LogP contribution in [0.1, 0.15) is 6.42 Å². The highest BCUT2D eigenvalue weighted by Gasteiger charge is 2.16. The number of aromatic amines is 1. The van der Waals surface area contributed by atoms with Crippen LogP contribution in [-0.2, 0) is 9.53 Å². The lowest BCUT2D eigenvalue weighted by molar-refractivity contribution is -0.118. The molecular weight excluding hydrogens is 405 g/mol. The summed E-state index contributed by atoms with van der Waals surface area (Å²) in [6.07, 6.45) is 0.760. The van der Waals surface area contributed by atoms with Crippen LogP contribution in [0, 0.1) is 5.82 Å². The van der Waals surface area contributed by atoms with E-state index < -0.39 is 0 Å². The van der Waals surface area contributed by atoms with Gasteiger partial charge in [-0.25, -0.2) is 9.37 Å². The standard InChI is InChI=1S/C22H24FN3O3S/c1-28-12-4-11-24-19(27)14-30-22-20(15-7-9-17(23)10-8-15)25-21(26-22)16-5-3-6-18(13-16)29-2/h3,5-10,13H,4,11-12,14H2,1-2H3,(H,24,27)(H,25,26). The normalized spacial score (nSPS) is 10.8. The SMILES string of the molecule is COCCCNC(=O)CSc1nc(-c2cccc(OC)c2)[nH]c1-c1ccc(F)cc1. The molecule has 2 N–H and O–H groups in total. The lowest BCUT2D eigenvalue weighted by atomic mass is 10.1. The first-order valence-corrected chi connectivity index (χ1v) is 10.5. The maximum absolute atomic E-state index is 13.4. The zero-order valence-corrected chi connectivity index (χ0v) is 17.7. The molecule has 0 unspecified atom stereocenters. The van der Waals surface area contributed by atoms with Gasteiger partial charge in [0.15, 0.2) is 0 Å². The van der Waals surface area contributed by atoms with Crippen LogP contribution in [0.3, 0.4) is 0 Å². The molecule has 3 rings (SSSR count). The quantitative estimate of drug-likeness (QED) is 0.374. The molecule has 0 bridgehead atoms. The summed E-state index contributed by atoms with van der Waals surface area (Å²) in [5.74, 6) is 1.21. The summed E-state index contributed by atoms with van der Waals surface area (Å²) in [5.41, 5.74) is 2.39. The number of thioether (sulfide) groups is 1. The number of carbonyl (C=O) groups is 1. The summed E-state index contributed by atoms with van der Waals surface area (Å²) in [7, 11) is 3.24. The highest BCUT2D eigenvalue weighted by atomic mass is 32.2. The molecule has 0 saturated heterocycles. The van der Waals surface area contributed by atoms with Crippen LogP contribution in [0.5, 0.6) is 5.75 Å². The Hall–Kier alpha value is -2.84. The van der Waals surface area contributed by atoms with Crippen molar-refractivity contribution in [1.29, 1.82) is 0 Å². The van der Waals surface area contributed by atoms with Crippen molar-refractivity contribution in [3.05, 3.63) is 54.3 Å². The lowest BCUT2D eigenvalue weighted by Crippen LogP contribution is -2.26. The van der Waals surface area contributed by atoms with Gasteiger partial charge in [-0.1, -0.05) is 23.9 Å². The second-order valence-electron chi connectivity index (χ2n) is 6.49. The van der Waals surface area contributed by atoms with E-state index in [0.29, 0.717) is 24.0 Å². The number of imidazole rings is 1. The highest BCUT2D eigenvalue weighted by molar-refractivity contribution is 8.00. The van der Waals surface area contributed by atoms with Gasteiger partial charge in [0.1, 0.15) is 22.4 Å². The fraction of sp³-hybridized carbons (Fsp3) is 0.273. The molecular formula is C22H24FN3O3S. The molecule has 0 saturated carbocycles. The molecule has 0 atom stereocenters. The van der Waals surface area contributed by atoms with Crippen LogP contribution in [0.15, 0.2) is 53.6 Å². The summed E-state index contributed by atoms with van der Waals surface area (Å²) in [5, 5.41) is 3.54. The Morgan fingerprint density at radius 3 is 2.70 bits per heavy atom. The summed E-state index contributed by atoms with van der Waals surface area (Å²) in [6.45, 7) is 1.17. The predicted octanol–water partition coefficient (Wildman–Crippen LogP) is 4.14. The molecule has 8 heteroatoms. The van der Waals surface area contributed by atoms with Gasteiger partial charge in [0.05, 0.1) is 18.6 Å². The van der Waals surface area contributed by atoms with E-state index in [4.69, 9.17) is 14.5 Å². The first-order valence-electron chi connectivity index (χ1n) is 9.49. The third-order valence-corrected chi connectivity index (χ3v) is 5.31. The van der Waals surface area contributed by atoms with Crippen molar-refractivity contribution in [2.75, 3.05) is 33.1 Å². The van der Waals surface area contributed by atoms with Gasteiger partial charge in [-0.05, 0) is 42.8 Å². The van der Waals surface area contributed by atoms with E-state index in [1.807, 2.05) is 24.3 Å². The zero-order chi connectivity index (χ0) is 21.3. The average Bonchev–Trinajstić information content (AvgIpc) is 3.20. The number of halogens is 1. The molecule has 0 spiro atoms. The maximum atomic E-state index is 13.4. The molecule has 3 aromatic rings. The average molecular weight is 430 g/mol. The molecule has 0 radical (unpaired) electrons. The topological polar surface area (TPSA) is 76.2 Å². The number of methoxy groups -OCH3 is 2. The molecule has 158 valence electrons. The number of ether oxygens (including phenoxy) is 2. The zero-order valence-electron chi connectivity index (χ0n) is 16.9. The Bertz CT molecular complexity index is 976. The monoisotopic (exact) mass is 429 g/mol. The third kappa shape index (κ3) is 5.84. The van der Waals surface area contributed by atoms with E-state index in [1.54, 1.807) is 26.4 Å². The van der Waals surface area contributed by atoms with Crippen LogP contribution in [0.25, 0.3) is 22.6 Å². The molecule has 0 fully saturated rings. The Morgan fingerprint density at radius 2 is 1.97 bits per heavy atom. The Kier molecular flexibility index (Phi) is 7.87. The van der Waals surface area contributed by atoms with Gasteiger partial charge in [-0.3, -0.25) is 4.79 Å². The molecule has 1 heterocycles. The van der Waals surface area contributed by atoms with Gasteiger partial charge in [0.25, 0.3) is 0 Å². The molecule has 30 heavy (non-hydrogen) atoms. The molecule has 2 aromatic carbocycles. The lowest BCUT2D eigenvalue weighted by Gasteiger charge is -2.05. The van der Waals surface area contributed by atoms with E-state index in [0.717, 1.165) is 29.0 Å². The number of hydrogen-bond donors (Lipinski definition) is 2. The van der Waals surface area contributed by atoms with Crippen molar-refractivity contribution >= 4 is 17.7 Å². The van der Waals surface area contributed by atoms with Crippen molar-refractivity contribution in [1.82, 2.24) is 15.3 Å². The van der Waals surface area contributed by atoms with Crippen LogP contribution in [0.2, 0.25) is 0 Å². The summed E-state index contributed by atoms with van der Waals surface area (Å²) in [4.78, 5) is 20.2. The van der Waals surface area contributed by atoms with Gasteiger partial charge in [-0.15, -0.1) is 0 Å². The summed E-state index contributed by atoms with van der Waals surface area (Å²) in [6, 6.07) is 13.7. The van der Waals surface area contributed by atoms with Crippen LogP contribution in [0.4, 0.5) is 4.39 Å². The minimum atomic E-state index is -0.309. The van der Waals surface area contributed by atoms with Crippen molar-refractivity contribution in [2.45, 2.75) is 11.4 Å². The molecule has 6 nitrogen and oxygen atoms in total. The second-order valence-corrected chi connectivity index (χ2v) is 7.45. The Balaban J connectivity index is 1.81. The van der Waals surface area contributed by atoms with Gasteiger partial charge < -0.3 is 19.8 Å². The smallest absolute Gasteiger partial charge is 0.230 e. The van der Waals surface area contributed by atoms with Crippen molar-refractivity contribution in [3.8, 4) is 28.4 Å². The number of carbonyl (C=O) groups excluding carboxylic acids is 1. The van der Waals surface area contributed by atoms with E-state index in [1.165, 1.54) is 23.9 Å². The number of H-pyrrole nitrogens is 1. The van der Waals surface area contributed by atoms with Crippen molar-refractivity contribution in [2.24, 2.45) is 0 Å². The minimum absolute atomic E-state index is 0.0768. The van der Waals surface area contributed by atoms with Crippen LogP contribution < -0.4 is 10.1 Å². The largest absolute Gasteiger partial charge is 0.497 e. The molecule has 0 aliphatic carbocycles. The predicted molar refractivity (Wildman–Crippen MR) is 116 cm³/mol. The van der Waals surface area contributed by atoms with Crippen molar-refractivity contribution < 1.29 is 18.7 Å². The molecule has 1 aromatic heterocycles. The minimum Gasteiger partial charge on any atom is -0.497 e.